The van der Waals surface area contributed by atoms with E-state index in [1.54, 1.807) is 6.92 Å². The number of rotatable bonds is 1. The molecule has 0 fully saturated rings. The first-order chi connectivity index (χ1) is 7.13. The van der Waals surface area contributed by atoms with Crippen LogP contribution in [0.5, 0.6) is 5.75 Å². The molecule has 0 bridgehead atoms. The van der Waals surface area contributed by atoms with Crippen LogP contribution in [0, 0.1) is 5.82 Å². The van der Waals surface area contributed by atoms with E-state index >= 15 is 0 Å². The fourth-order valence-electron chi connectivity index (χ4n) is 1.56. The number of fused-ring (bicyclic) bond motifs is 1. The Morgan fingerprint density at radius 2 is 2.27 bits per heavy atom. The van der Waals surface area contributed by atoms with Crippen LogP contribution in [0.25, 0.3) is 10.9 Å². The van der Waals surface area contributed by atoms with Crippen LogP contribution in [0.1, 0.15) is 18.1 Å². The fraction of sp³-hybridized carbons (Fsp3) is 0.182. The maximum Gasteiger partial charge on any atom is 0.230 e. The van der Waals surface area contributed by atoms with Crippen LogP contribution >= 0.6 is 0 Å². The molecule has 3 nitrogen and oxygen atoms in total. The van der Waals surface area contributed by atoms with Gasteiger partial charge in [0.1, 0.15) is 11.6 Å². The smallest absolute Gasteiger partial charge is 0.230 e. The number of halogens is 1. The first-order valence-electron chi connectivity index (χ1n) is 4.66. The minimum Gasteiger partial charge on any atom is -0.506 e. The van der Waals surface area contributed by atoms with Gasteiger partial charge >= 0.3 is 0 Å². The van der Waals surface area contributed by atoms with E-state index in [0.29, 0.717) is 17.3 Å². The Kier molecular flexibility index (Phi) is 2.19. The molecule has 0 radical (unpaired) electrons. The van der Waals surface area contributed by atoms with Gasteiger partial charge in [-0.3, -0.25) is 9.36 Å². The SMILES string of the molecule is CCC(=O)n1cc(O)c2cc(F)ccc21. The Bertz CT molecular complexity index is 531. The highest BCUT2D eigenvalue weighted by Gasteiger charge is 2.12. The van der Waals surface area contributed by atoms with E-state index in [0.717, 1.165) is 0 Å². The maximum atomic E-state index is 12.9. The van der Waals surface area contributed by atoms with Gasteiger partial charge in [0.2, 0.25) is 5.91 Å². The summed E-state index contributed by atoms with van der Waals surface area (Å²) in [7, 11) is 0. The molecule has 0 saturated heterocycles. The zero-order valence-corrected chi connectivity index (χ0v) is 8.20. The molecule has 0 spiro atoms. The quantitative estimate of drug-likeness (QED) is 0.780. The molecule has 15 heavy (non-hydrogen) atoms. The van der Waals surface area contributed by atoms with Crippen molar-refractivity contribution in [1.29, 1.82) is 0 Å². The highest BCUT2D eigenvalue weighted by atomic mass is 19.1. The van der Waals surface area contributed by atoms with Crippen molar-refractivity contribution in [3.05, 3.63) is 30.2 Å². The van der Waals surface area contributed by atoms with Crippen LogP contribution in [0.15, 0.2) is 24.4 Å². The van der Waals surface area contributed by atoms with Crippen LogP contribution in [0.4, 0.5) is 4.39 Å². The average Bonchev–Trinajstić information content (AvgIpc) is 2.55. The Labute approximate surface area is 85.7 Å². The Morgan fingerprint density at radius 3 is 2.93 bits per heavy atom. The van der Waals surface area contributed by atoms with Gasteiger partial charge in [0, 0.05) is 11.8 Å². The van der Waals surface area contributed by atoms with Gasteiger partial charge in [-0.15, -0.1) is 0 Å². The van der Waals surface area contributed by atoms with Crippen molar-refractivity contribution >= 4 is 16.8 Å². The third-order valence-electron chi connectivity index (χ3n) is 2.32. The van der Waals surface area contributed by atoms with Gasteiger partial charge in [0.25, 0.3) is 0 Å². The van der Waals surface area contributed by atoms with Crippen molar-refractivity contribution in [3.63, 3.8) is 0 Å². The van der Waals surface area contributed by atoms with Crippen LogP contribution in [0.2, 0.25) is 0 Å². The lowest BCUT2D eigenvalue weighted by atomic mass is 10.2. The molecule has 4 heteroatoms. The number of nitrogens with zero attached hydrogens (tertiary/aromatic N) is 1. The highest BCUT2D eigenvalue weighted by molar-refractivity contribution is 5.95. The number of carbonyl (C=O) groups is 1. The largest absolute Gasteiger partial charge is 0.506 e. The van der Waals surface area contributed by atoms with Crippen molar-refractivity contribution in [2.45, 2.75) is 13.3 Å². The molecule has 0 aliphatic carbocycles. The first-order valence-corrected chi connectivity index (χ1v) is 4.66. The number of carbonyl (C=O) groups excluding carboxylic acids is 1. The summed E-state index contributed by atoms with van der Waals surface area (Å²) in [6.07, 6.45) is 1.65. The monoisotopic (exact) mass is 207 g/mol. The predicted octanol–water partition coefficient (Wildman–Crippen LogP) is 2.54. The van der Waals surface area contributed by atoms with E-state index in [2.05, 4.69) is 0 Å². The van der Waals surface area contributed by atoms with E-state index in [-0.39, 0.29) is 11.7 Å². The first kappa shape index (κ1) is 9.71. The predicted molar refractivity (Wildman–Crippen MR) is 54.5 cm³/mol. The minimum atomic E-state index is -0.431. The van der Waals surface area contributed by atoms with Gasteiger partial charge in [-0.25, -0.2) is 4.39 Å². The number of benzene rings is 1. The minimum absolute atomic E-state index is 0.0775. The summed E-state index contributed by atoms with van der Waals surface area (Å²) in [6, 6.07) is 3.96. The van der Waals surface area contributed by atoms with E-state index in [4.69, 9.17) is 0 Å². The molecule has 1 aromatic carbocycles. The topological polar surface area (TPSA) is 42.2 Å². The zero-order valence-electron chi connectivity index (χ0n) is 8.20. The van der Waals surface area contributed by atoms with Crippen LogP contribution < -0.4 is 0 Å². The molecule has 0 aliphatic heterocycles. The third kappa shape index (κ3) is 1.48. The van der Waals surface area contributed by atoms with Gasteiger partial charge in [0.05, 0.1) is 11.7 Å². The molecule has 0 unspecified atom stereocenters. The van der Waals surface area contributed by atoms with Gasteiger partial charge in [-0.1, -0.05) is 6.92 Å². The Balaban J connectivity index is 2.73. The number of hydrogen-bond donors (Lipinski definition) is 1. The van der Waals surface area contributed by atoms with E-state index in [9.17, 15) is 14.3 Å². The normalized spacial score (nSPS) is 10.8. The molecule has 0 saturated carbocycles. The molecule has 0 amide bonds. The van der Waals surface area contributed by atoms with Crippen LogP contribution in [0.3, 0.4) is 0 Å². The summed E-state index contributed by atoms with van der Waals surface area (Å²) >= 11 is 0. The molecule has 1 N–H and O–H groups in total. The summed E-state index contributed by atoms with van der Waals surface area (Å²) < 4.78 is 14.2. The molecule has 1 heterocycles. The zero-order chi connectivity index (χ0) is 11.0. The summed E-state index contributed by atoms with van der Waals surface area (Å²) in [6.45, 7) is 1.73. The summed E-state index contributed by atoms with van der Waals surface area (Å²) in [4.78, 5) is 11.5. The number of aromatic nitrogens is 1. The van der Waals surface area contributed by atoms with Crippen molar-refractivity contribution in [2.24, 2.45) is 0 Å². The maximum absolute atomic E-state index is 12.9. The second-order valence-electron chi connectivity index (χ2n) is 3.29. The van der Waals surface area contributed by atoms with E-state index in [1.165, 1.54) is 29.0 Å². The Hall–Kier alpha value is -1.84. The highest BCUT2D eigenvalue weighted by Crippen LogP contribution is 2.27. The molecule has 1 aromatic heterocycles. The van der Waals surface area contributed by atoms with E-state index in [1.807, 2.05) is 0 Å². The van der Waals surface area contributed by atoms with Crippen molar-refractivity contribution in [1.82, 2.24) is 4.57 Å². The average molecular weight is 207 g/mol. The summed E-state index contributed by atoms with van der Waals surface area (Å²) in [5, 5.41) is 9.88. The number of hydrogen-bond acceptors (Lipinski definition) is 2. The summed E-state index contributed by atoms with van der Waals surface area (Å²) in [5.41, 5.74) is 0.528. The van der Waals surface area contributed by atoms with Crippen molar-refractivity contribution < 1.29 is 14.3 Å². The Morgan fingerprint density at radius 1 is 1.53 bits per heavy atom. The lowest BCUT2D eigenvalue weighted by Gasteiger charge is -2.00. The third-order valence-corrected chi connectivity index (χ3v) is 2.32. The van der Waals surface area contributed by atoms with Gasteiger partial charge < -0.3 is 5.11 Å². The second-order valence-corrected chi connectivity index (χ2v) is 3.29. The standard InChI is InChI=1S/C11H10FNO2/c1-2-11(15)13-6-10(14)8-5-7(12)3-4-9(8)13/h3-6,14H,2H2,1H3. The molecule has 2 aromatic rings. The summed E-state index contributed by atoms with van der Waals surface area (Å²) in [5.74, 6) is -0.641. The van der Waals surface area contributed by atoms with Crippen LogP contribution in [-0.4, -0.2) is 15.6 Å². The van der Waals surface area contributed by atoms with Crippen molar-refractivity contribution in [2.75, 3.05) is 0 Å². The molecular weight excluding hydrogens is 197 g/mol. The van der Waals surface area contributed by atoms with Gasteiger partial charge in [-0.2, -0.15) is 0 Å². The molecule has 2 rings (SSSR count). The molecular formula is C11H10FNO2. The fourth-order valence-corrected chi connectivity index (χ4v) is 1.56. The molecule has 0 atom stereocenters. The van der Waals surface area contributed by atoms with E-state index < -0.39 is 5.82 Å². The van der Waals surface area contributed by atoms with Crippen LogP contribution in [-0.2, 0) is 0 Å². The molecule has 0 aliphatic rings. The second kappa shape index (κ2) is 3.38. The molecule has 78 valence electrons. The van der Waals surface area contributed by atoms with Gasteiger partial charge in [0.15, 0.2) is 0 Å². The lowest BCUT2D eigenvalue weighted by Crippen LogP contribution is -2.06. The number of aromatic hydroxyl groups is 1. The lowest BCUT2D eigenvalue weighted by molar-refractivity contribution is 0.0913. The van der Waals surface area contributed by atoms with Gasteiger partial charge in [-0.05, 0) is 18.2 Å². The van der Waals surface area contributed by atoms with Crippen molar-refractivity contribution in [3.8, 4) is 5.75 Å².